The van der Waals surface area contributed by atoms with Crippen molar-refractivity contribution in [1.82, 2.24) is 14.8 Å². The number of aryl methyl sites for hydroxylation is 1. The normalized spacial score (nSPS) is 10.9. The first-order valence-corrected chi connectivity index (χ1v) is 4.08. The molecule has 0 spiro atoms. The topological polar surface area (TPSA) is 30.7 Å². The van der Waals surface area contributed by atoms with E-state index in [0.29, 0.717) is 10.2 Å². The zero-order chi connectivity index (χ0) is 8.72. The number of nitrogens with zero attached hydrogens (tertiary/aromatic N) is 3. The highest BCUT2D eigenvalue weighted by atomic mass is 35.5. The maximum atomic E-state index is 5.82. The van der Waals surface area contributed by atoms with Crippen LogP contribution in [-0.4, -0.2) is 14.8 Å². The summed E-state index contributed by atoms with van der Waals surface area (Å²) in [6, 6.07) is 1.75. The third-order valence-corrected chi connectivity index (χ3v) is 2.09. The Balaban J connectivity index is 2.90. The molecule has 0 unspecified atom stereocenters. The van der Waals surface area contributed by atoms with Crippen LogP contribution in [0.3, 0.4) is 0 Å². The molecule has 62 valence electrons. The molecule has 0 radical (unpaired) electrons. The molecule has 2 aromatic heterocycles. The Bertz CT molecular complexity index is 435. The molecule has 2 rings (SSSR count). The summed E-state index contributed by atoms with van der Waals surface area (Å²) in [6.45, 7) is 0. The van der Waals surface area contributed by atoms with Gasteiger partial charge in [-0.2, -0.15) is 5.10 Å². The molecule has 0 atom stereocenters. The fourth-order valence-electron chi connectivity index (χ4n) is 1.07. The van der Waals surface area contributed by atoms with E-state index in [0.717, 1.165) is 11.0 Å². The van der Waals surface area contributed by atoms with Gasteiger partial charge in [-0.15, -0.1) is 0 Å². The van der Waals surface area contributed by atoms with Gasteiger partial charge >= 0.3 is 0 Å². The Hall–Kier alpha value is -0.800. The average molecular weight is 202 g/mol. The summed E-state index contributed by atoms with van der Waals surface area (Å²) < 4.78 is 1.62. The Kier molecular flexibility index (Phi) is 1.70. The molecule has 12 heavy (non-hydrogen) atoms. The number of hydrogen-bond donors (Lipinski definition) is 0. The maximum Gasteiger partial charge on any atom is 0.160 e. The van der Waals surface area contributed by atoms with Crippen molar-refractivity contribution in [2.75, 3.05) is 0 Å². The predicted molar refractivity (Wildman–Crippen MR) is 48.5 cm³/mol. The van der Waals surface area contributed by atoms with Gasteiger partial charge in [-0.1, -0.05) is 23.2 Å². The van der Waals surface area contributed by atoms with Gasteiger partial charge < -0.3 is 0 Å². The van der Waals surface area contributed by atoms with Crippen LogP contribution in [0, 0.1) is 0 Å². The SMILES string of the molecule is Cn1nc(Cl)c2cc(Cl)cnc21. The Labute approximate surface area is 78.9 Å². The minimum Gasteiger partial charge on any atom is -0.249 e. The fraction of sp³-hybridized carbons (Fsp3) is 0.143. The van der Waals surface area contributed by atoms with Crippen molar-refractivity contribution in [1.29, 1.82) is 0 Å². The molecule has 0 aliphatic rings. The van der Waals surface area contributed by atoms with Crippen LogP contribution < -0.4 is 0 Å². The lowest BCUT2D eigenvalue weighted by molar-refractivity contribution is 0.787. The van der Waals surface area contributed by atoms with E-state index in [-0.39, 0.29) is 0 Å². The van der Waals surface area contributed by atoms with E-state index in [9.17, 15) is 0 Å². The van der Waals surface area contributed by atoms with Crippen LogP contribution in [0.2, 0.25) is 10.2 Å². The lowest BCUT2D eigenvalue weighted by Crippen LogP contribution is -1.90. The van der Waals surface area contributed by atoms with Crippen molar-refractivity contribution in [3.8, 4) is 0 Å². The van der Waals surface area contributed by atoms with Gasteiger partial charge in [0.2, 0.25) is 0 Å². The molecule has 0 aliphatic carbocycles. The first-order valence-electron chi connectivity index (χ1n) is 3.32. The van der Waals surface area contributed by atoms with E-state index < -0.39 is 0 Å². The number of halogens is 2. The molecule has 2 aromatic rings. The van der Waals surface area contributed by atoms with Gasteiger partial charge in [-0.25, -0.2) is 9.67 Å². The Morgan fingerprint density at radius 1 is 1.42 bits per heavy atom. The molecule has 0 bridgehead atoms. The van der Waals surface area contributed by atoms with Gasteiger partial charge in [0.05, 0.1) is 10.4 Å². The number of aromatic nitrogens is 3. The second kappa shape index (κ2) is 2.61. The van der Waals surface area contributed by atoms with Crippen LogP contribution in [0.5, 0.6) is 0 Å². The van der Waals surface area contributed by atoms with Gasteiger partial charge in [0.15, 0.2) is 10.8 Å². The lowest BCUT2D eigenvalue weighted by Gasteiger charge is -1.91. The van der Waals surface area contributed by atoms with Crippen molar-refractivity contribution in [3.05, 3.63) is 22.4 Å². The van der Waals surface area contributed by atoms with Crippen molar-refractivity contribution in [2.45, 2.75) is 0 Å². The summed E-state index contributed by atoms with van der Waals surface area (Å²) in [5.41, 5.74) is 0.740. The summed E-state index contributed by atoms with van der Waals surface area (Å²) in [4.78, 5) is 4.09. The average Bonchev–Trinajstić information content (AvgIpc) is 2.28. The monoisotopic (exact) mass is 201 g/mol. The first kappa shape index (κ1) is 7.83. The number of fused-ring (bicyclic) bond motifs is 1. The zero-order valence-corrected chi connectivity index (χ0v) is 7.76. The van der Waals surface area contributed by atoms with Gasteiger partial charge in [-0.3, -0.25) is 0 Å². The van der Waals surface area contributed by atoms with Crippen LogP contribution in [-0.2, 0) is 7.05 Å². The summed E-state index contributed by atoms with van der Waals surface area (Å²) in [6.07, 6.45) is 1.57. The Morgan fingerprint density at radius 3 is 2.92 bits per heavy atom. The van der Waals surface area contributed by atoms with Gasteiger partial charge in [-0.05, 0) is 6.07 Å². The third-order valence-electron chi connectivity index (χ3n) is 1.60. The number of rotatable bonds is 0. The van der Waals surface area contributed by atoms with E-state index in [2.05, 4.69) is 10.1 Å². The lowest BCUT2D eigenvalue weighted by atomic mass is 10.4. The van der Waals surface area contributed by atoms with Crippen LogP contribution in [0.1, 0.15) is 0 Å². The van der Waals surface area contributed by atoms with Crippen LogP contribution in [0.15, 0.2) is 12.3 Å². The quantitative estimate of drug-likeness (QED) is 0.655. The Morgan fingerprint density at radius 2 is 2.17 bits per heavy atom. The zero-order valence-electron chi connectivity index (χ0n) is 6.25. The molecule has 0 saturated heterocycles. The van der Waals surface area contributed by atoms with Crippen LogP contribution in [0.25, 0.3) is 11.0 Å². The molecule has 2 heterocycles. The van der Waals surface area contributed by atoms with Crippen molar-refractivity contribution in [3.63, 3.8) is 0 Å². The number of pyridine rings is 1. The third kappa shape index (κ3) is 1.06. The predicted octanol–water partition coefficient (Wildman–Crippen LogP) is 2.28. The van der Waals surface area contributed by atoms with Crippen molar-refractivity contribution in [2.24, 2.45) is 7.05 Å². The molecule has 0 aromatic carbocycles. The molecular formula is C7H5Cl2N3. The number of hydrogen-bond acceptors (Lipinski definition) is 2. The minimum atomic E-state index is 0.433. The van der Waals surface area contributed by atoms with Crippen LogP contribution >= 0.6 is 23.2 Å². The molecule has 0 saturated carbocycles. The smallest absolute Gasteiger partial charge is 0.160 e. The molecule has 0 N–H and O–H groups in total. The maximum absolute atomic E-state index is 5.82. The molecule has 5 heteroatoms. The molecule has 3 nitrogen and oxygen atoms in total. The van der Waals surface area contributed by atoms with E-state index in [1.807, 2.05) is 0 Å². The minimum absolute atomic E-state index is 0.433. The van der Waals surface area contributed by atoms with E-state index >= 15 is 0 Å². The van der Waals surface area contributed by atoms with Crippen LogP contribution in [0.4, 0.5) is 0 Å². The molecule has 0 fully saturated rings. The summed E-state index contributed by atoms with van der Waals surface area (Å²) in [5, 5.41) is 5.78. The molecule has 0 aliphatic heterocycles. The summed E-state index contributed by atoms with van der Waals surface area (Å²) >= 11 is 11.6. The first-order chi connectivity index (χ1) is 5.68. The highest BCUT2D eigenvalue weighted by Gasteiger charge is 2.06. The summed E-state index contributed by atoms with van der Waals surface area (Å²) in [7, 11) is 1.79. The van der Waals surface area contributed by atoms with Gasteiger partial charge in [0, 0.05) is 13.2 Å². The summed E-state index contributed by atoms with van der Waals surface area (Å²) in [5.74, 6) is 0. The van der Waals surface area contributed by atoms with E-state index in [1.54, 1.807) is 24.0 Å². The second-order valence-corrected chi connectivity index (χ2v) is 3.23. The largest absolute Gasteiger partial charge is 0.249 e. The van der Waals surface area contributed by atoms with E-state index in [4.69, 9.17) is 23.2 Å². The second-order valence-electron chi connectivity index (χ2n) is 2.44. The highest BCUT2D eigenvalue weighted by Crippen LogP contribution is 2.22. The highest BCUT2D eigenvalue weighted by molar-refractivity contribution is 6.35. The van der Waals surface area contributed by atoms with E-state index in [1.165, 1.54) is 0 Å². The molecular weight excluding hydrogens is 197 g/mol. The van der Waals surface area contributed by atoms with Gasteiger partial charge in [0.1, 0.15) is 0 Å². The van der Waals surface area contributed by atoms with Crippen molar-refractivity contribution >= 4 is 34.2 Å². The molecule has 0 amide bonds. The van der Waals surface area contributed by atoms with Crippen molar-refractivity contribution < 1.29 is 0 Å². The fourth-order valence-corrected chi connectivity index (χ4v) is 1.49. The standard InChI is InChI=1S/C7H5Cl2N3/c1-12-7-5(6(9)11-12)2-4(8)3-10-7/h2-3H,1H3. The van der Waals surface area contributed by atoms with Gasteiger partial charge in [0.25, 0.3) is 0 Å².